The Hall–Kier alpha value is -1.91. The molecule has 1 aromatic heterocycles. The van der Waals surface area contributed by atoms with Gasteiger partial charge in [-0.25, -0.2) is 8.78 Å². The van der Waals surface area contributed by atoms with Crippen LogP contribution in [0.15, 0.2) is 18.2 Å². The molecular weight excluding hydrogens is 226 g/mol. The summed E-state index contributed by atoms with van der Waals surface area (Å²) in [7, 11) is 0. The van der Waals surface area contributed by atoms with Crippen molar-refractivity contribution in [3.63, 3.8) is 0 Å². The monoisotopic (exact) mass is 238 g/mol. The van der Waals surface area contributed by atoms with Crippen molar-refractivity contribution in [1.29, 1.82) is 0 Å². The van der Waals surface area contributed by atoms with Gasteiger partial charge < -0.3 is 5.11 Å². The fourth-order valence-corrected chi connectivity index (χ4v) is 1.67. The summed E-state index contributed by atoms with van der Waals surface area (Å²) in [6, 6.07) is 3.71. The lowest BCUT2D eigenvalue weighted by molar-refractivity contribution is 0.464. The van der Waals surface area contributed by atoms with Crippen molar-refractivity contribution in [1.82, 2.24) is 9.78 Å². The van der Waals surface area contributed by atoms with Crippen molar-refractivity contribution in [2.24, 2.45) is 0 Å². The number of rotatable bonds is 2. The first kappa shape index (κ1) is 11.6. The topological polar surface area (TPSA) is 38.0 Å². The van der Waals surface area contributed by atoms with Crippen LogP contribution in [-0.4, -0.2) is 14.9 Å². The second-order valence-corrected chi connectivity index (χ2v) is 3.88. The zero-order chi connectivity index (χ0) is 12.6. The van der Waals surface area contributed by atoms with Gasteiger partial charge in [0, 0.05) is 5.56 Å². The zero-order valence-corrected chi connectivity index (χ0v) is 9.54. The molecule has 0 bridgehead atoms. The molecule has 0 radical (unpaired) electrons. The number of aromatic hydroxyl groups is 1. The molecule has 1 N–H and O–H groups in total. The molecule has 3 nitrogen and oxygen atoms in total. The van der Waals surface area contributed by atoms with Crippen LogP contribution >= 0.6 is 0 Å². The van der Waals surface area contributed by atoms with E-state index in [4.69, 9.17) is 0 Å². The van der Waals surface area contributed by atoms with Gasteiger partial charge >= 0.3 is 0 Å². The summed E-state index contributed by atoms with van der Waals surface area (Å²) < 4.78 is 28.2. The minimum Gasteiger partial charge on any atom is -0.504 e. The molecule has 0 saturated carbocycles. The van der Waals surface area contributed by atoms with Gasteiger partial charge in [0.15, 0.2) is 5.75 Å². The fourth-order valence-electron chi connectivity index (χ4n) is 1.67. The minimum atomic E-state index is -0.614. The number of hydrogen-bond donors (Lipinski definition) is 1. The van der Waals surface area contributed by atoms with E-state index in [0.717, 1.165) is 0 Å². The van der Waals surface area contributed by atoms with E-state index in [1.807, 2.05) is 0 Å². The van der Waals surface area contributed by atoms with Gasteiger partial charge in [0.25, 0.3) is 0 Å². The molecule has 0 aliphatic carbocycles. The second kappa shape index (κ2) is 4.16. The Kier molecular flexibility index (Phi) is 2.83. The molecule has 0 saturated heterocycles. The van der Waals surface area contributed by atoms with E-state index in [1.54, 1.807) is 13.8 Å². The van der Waals surface area contributed by atoms with Crippen LogP contribution in [0, 0.1) is 25.5 Å². The third kappa shape index (κ3) is 2.00. The van der Waals surface area contributed by atoms with E-state index in [0.29, 0.717) is 11.4 Å². The predicted octanol–water partition coefficient (Wildman–Crippen LogP) is 2.53. The number of aromatic nitrogens is 2. The Bertz CT molecular complexity index is 544. The summed E-state index contributed by atoms with van der Waals surface area (Å²) in [5, 5.41) is 13.6. The van der Waals surface area contributed by atoms with E-state index in [2.05, 4.69) is 5.10 Å². The van der Waals surface area contributed by atoms with E-state index in [-0.39, 0.29) is 17.9 Å². The maximum absolute atomic E-state index is 13.4. The first-order chi connectivity index (χ1) is 8.00. The second-order valence-electron chi connectivity index (χ2n) is 3.88. The van der Waals surface area contributed by atoms with Gasteiger partial charge in [-0.1, -0.05) is 6.07 Å². The SMILES string of the molecule is Cc1nn(Cc2c(F)cccc2F)c(C)c1O. The van der Waals surface area contributed by atoms with Gasteiger partial charge in [0.1, 0.15) is 17.3 Å². The molecule has 2 rings (SSSR count). The summed E-state index contributed by atoms with van der Waals surface area (Å²) in [5.74, 6) is -1.17. The molecule has 0 amide bonds. The van der Waals surface area contributed by atoms with Crippen molar-refractivity contribution >= 4 is 0 Å². The maximum atomic E-state index is 13.4. The predicted molar refractivity (Wildman–Crippen MR) is 58.8 cm³/mol. The molecule has 0 atom stereocenters. The Morgan fingerprint density at radius 1 is 1.24 bits per heavy atom. The van der Waals surface area contributed by atoms with E-state index in [9.17, 15) is 13.9 Å². The number of nitrogens with zero attached hydrogens (tertiary/aromatic N) is 2. The van der Waals surface area contributed by atoms with Gasteiger partial charge in [0.2, 0.25) is 0 Å². The first-order valence-corrected chi connectivity index (χ1v) is 5.16. The number of aryl methyl sites for hydroxylation is 1. The van der Waals surface area contributed by atoms with Crippen LogP contribution in [0.25, 0.3) is 0 Å². The largest absolute Gasteiger partial charge is 0.504 e. The van der Waals surface area contributed by atoms with Crippen molar-refractivity contribution in [2.75, 3.05) is 0 Å². The Labute approximate surface area is 97.3 Å². The van der Waals surface area contributed by atoms with Crippen LogP contribution < -0.4 is 0 Å². The van der Waals surface area contributed by atoms with E-state index in [1.165, 1.54) is 22.9 Å². The molecular formula is C12H12F2N2O. The molecule has 0 fully saturated rings. The fraction of sp³-hybridized carbons (Fsp3) is 0.250. The molecule has 0 unspecified atom stereocenters. The highest BCUT2D eigenvalue weighted by atomic mass is 19.1. The number of hydrogen-bond acceptors (Lipinski definition) is 2. The molecule has 0 aliphatic rings. The van der Waals surface area contributed by atoms with Crippen molar-refractivity contribution in [2.45, 2.75) is 20.4 Å². The van der Waals surface area contributed by atoms with Gasteiger partial charge in [0.05, 0.1) is 12.2 Å². The summed E-state index contributed by atoms with van der Waals surface area (Å²) in [5.41, 5.74) is 0.877. The van der Waals surface area contributed by atoms with E-state index < -0.39 is 11.6 Å². The van der Waals surface area contributed by atoms with Crippen molar-refractivity contribution < 1.29 is 13.9 Å². The zero-order valence-electron chi connectivity index (χ0n) is 9.54. The van der Waals surface area contributed by atoms with Crippen molar-refractivity contribution in [3.05, 3.63) is 46.8 Å². The average Bonchev–Trinajstić information content (AvgIpc) is 2.52. The highest BCUT2D eigenvalue weighted by Crippen LogP contribution is 2.22. The molecule has 17 heavy (non-hydrogen) atoms. The molecule has 0 spiro atoms. The van der Waals surface area contributed by atoms with Gasteiger partial charge in [-0.3, -0.25) is 4.68 Å². The van der Waals surface area contributed by atoms with Crippen LogP contribution in [0.5, 0.6) is 5.75 Å². The summed E-state index contributed by atoms with van der Waals surface area (Å²) in [6.07, 6.45) is 0. The molecule has 1 aromatic carbocycles. The lowest BCUT2D eigenvalue weighted by atomic mass is 10.2. The molecule has 1 heterocycles. The minimum absolute atomic E-state index is 0.0360. The lowest BCUT2D eigenvalue weighted by Gasteiger charge is -2.06. The lowest BCUT2D eigenvalue weighted by Crippen LogP contribution is -2.07. The maximum Gasteiger partial charge on any atom is 0.159 e. The third-order valence-electron chi connectivity index (χ3n) is 2.71. The highest BCUT2D eigenvalue weighted by molar-refractivity contribution is 5.31. The van der Waals surface area contributed by atoms with Gasteiger partial charge in [-0.2, -0.15) is 5.10 Å². The Balaban J connectivity index is 2.41. The van der Waals surface area contributed by atoms with Gasteiger partial charge in [-0.05, 0) is 26.0 Å². The standard InChI is InChI=1S/C12H12F2N2O/c1-7-12(17)8(2)16(15-7)6-9-10(13)4-3-5-11(9)14/h3-5,17H,6H2,1-2H3. The van der Waals surface area contributed by atoms with Crippen LogP contribution in [0.3, 0.4) is 0 Å². The molecule has 0 aliphatic heterocycles. The first-order valence-electron chi connectivity index (χ1n) is 5.16. The van der Waals surface area contributed by atoms with Crippen LogP contribution in [0.1, 0.15) is 17.0 Å². The quantitative estimate of drug-likeness (QED) is 0.873. The van der Waals surface area contributed by atoms with E-state index >= 15 is 0 Å². The third-order valence-corrected chi connectivity index (χ3v) is 2.71. The summed E-state index contributed by atoms with van der Waals surface area (Å²) in [6.45, 7) is 3.25. The smallest absolute Gasteiger partial charge is 0.159 e. The van der Waals surface area contributed by atoms with Crippen LogP contribution in [-0.2, 0) is 6.54 Å². The Morgan fingerprint density at radius 2 is 1.82 bits per heavy atom. The van der Waals surface area contributed by atoms with Crippen molar-refractivity contribution in [3.8, 4) is 5.75 Å². The summed E-state index contributed by atoms with van der Waals surface area (Å²) in [4.78, 5) is 0. The number of halogens is 2. The molecule has 2 aromatic rings. The van der Waals surface area contributed by atoms with Gasteiger partial charge in [-0.15, -0.1) is 0 Å². The normalized spacial score (nSPS) is 10.8. The average molecular weight is 238 g/mol. The van der Waals surface area contributed by atoms with Crippen LogP contribution in [0.4, 0.5) is 8.78 Å². The molecule has 90 valence electrons. The summed E-state index contributed by atoms with van der Waals surface area (Å²) >= 11 is 0. The number of benzene rings is 1. The highest BCUT2D eigenvalue weighted by Gasteiger charge is 2.14. The molecule has 5 heteroatoms. The Morgan fingerprint density at radius 3 is 2.29 bits per heavy atom. The van der Waals surface area contributed by atoms with Crippen LogP contribution in [0.2, 0.25) is 0 Å².